The fourth-order valence-electron chi connectivity index (χ4n) is 1.00. The molecule has 0 aromatic rings. The van der Waals surface area contributed by atoms with E-state index in [9.17, 15) is 9.59 Å². The van der Waals surface area contributed by atoms with Crippen molar-refractivity contribution >= 4 is 24.3 Å². The van der Waals surface area contributed by atoms with Crippen molar-refractivity contribution in [2.75, 3.05) is 7.11 Å². The zero-order chi connectivity index (χ0) is 10.1. The van der Waals surface area contributed by atoms with Gasteiger partial charge in [0.15, 0.2) is 0 Å². The number of carbonyl (C=O) groups is 2. The van der Waals surface area contributed by atoms with Crippen molar-refractivity contribution in [2.24, 2.45) is 0 Å². The van der Waals surface area contributed by atoms with Crippen LogP contribution < -0.4 is 0 Å². The topological polar surface area (TPSA) is 63.6 Å². The molecule has 0 saturated carbocycles. The minimum absolute atomic E-state index is 0. The zero-order valence-electron chi connectivity index (χ0n) is 8.32. The molecule has 0 aliphatic carbocycles. The fraction of sp³-hybridized carbons (Fsp3) is 0.778. The number of hydrogen-bond acceptors (Lipinski definition) is 3. The van der Waals surface area contributed by atoms with Gasteiger partial charge in [-0.25, -0.2) is 0 Å². The van der Waals surface area contributed by atoms with Crippen LogP contribution in [0.25, 0.3) is 0 Å². The van der Waals surface area contributed by atoms with E-state index in [4.69, 9.17) is 5.11 Å². The molecule has 14 heavy (non-hydrogen) atoms. The number of halogens is 1. The first-order valence-corrected chi connectivity index (χ1v) is 4.45. The van der Waals surface area contributed by atoms with Crippen LogP contribution in [-0.4, -0.2) is 24.2 Å². The number of carbonyl (C=O) groups excluding carboxylic acids is 1. The molecule has 1 N–H and O–H groups in total. The molecule has 0 heterocycles. The summed E-state index contributed by atoms with van der Waals surface area (Å²) in [6, 6.07) is 0. The van der Waals surface area contributed by atoms with E-state index in [0.717, 1.165) is 19.3 Å². The highest BCUT2D eigenvalue weighted by molar-refractivity contribution is 5.85. The molecule has 0 aliphatic rings. The molecule has 5 heteroatoms. The van der Waals surface area contributed by atoms with E-state index >= 15 is 0 Å². The monoisotopic (exact) mass is 224 g/mol. The van der Waals surface area contributed by atoms with Crippen molar-refractivity contribution < 1.29 is 19.4 Å². The number of esters is 1. The van der Waals surface area contributed by atoms with Crippen molar-refractivity contribution in [1.82, 2.24) is 0 Å². The van der Waals surface area contributed by atoms with Crippen molar-refractivity contribution in [1.29, 1.82) is 0 Å². The van der Waals surface area contributed by atoms with Gasteiger partial charge in [-0.2, -0.15) is 0 Å². The van der Waals surface area contributed by atoms with Crippen LogP contribution in [0.2, 0.25) is 0 Å². The summed E-state index contributed by atoms with van der Waals surface area (Å²) >= 11 is 0. The summed E-state index contributed by atoms with van der Waals surface area (Å²) in [7, 11) is 1.37. The Labute approximate surface area is 90.0 Å². The predicted molar refractivity (Wildman–Crippen MR) is 54.6 cm³/mol. The Bertz CT molecular complexity index is 170. The molecule has 0 spiro atoms. The summed E-state index contributed by atoms with van der Waals surface area (Å²) in [5, 5.41) is 8.32. The van der Waals surface area contributed by atoms with Crippen LogP contribution in [0.5, 0.6) is 0 Å². The maximum absolute atomic E-state index is 10.6. The molecule has 0 radical (unpaired) electrons. The van der Waals surface area contributed by atoms with Gasteiger partial charge in [-0.05, 0) is 12.8 Å². The Morgan fingerprint density at radius 2 is 1.57 bits per heavy atom. The number of aliphatic carboxylic acids is 1. The Kier molecular flexibility index (Phi) is 11.6. The van der Waals surface area contributed by atoms with Crippen molar-refractivity contribution in [3.63, 3.8) is 0 Å². The molecule has 84 valence electrons. The van der Waals surface area contributed by atoms with Crippen LogP contribution >= 0.6 is 12.4 Å². The third-order valence-corrected chi connectivity index (χ3v) is 1.75. The smallest absolute Gasteiger partial charge is 0.305 e. The summed E-state index contributed by atoms with van der Waals surface area (Å²) in [6.45, 7) is 0. The second-order valence-electron chi connectivity index (χ2n) is 2.88. The third kappa shape index (κ3) is 11.2. The first kappa shape index (κ1) is 15.7. The normalized spacial score (nSPS) is 8.93. The SMILES string of the molecule is COC(=O)CCCCCCC(=O)O.Cl. The molecule has 0 saturated heterocycles. The summed E-state index contributed by atoms with van der Waals surface area (Å²) < 4.78 is 4.46. The maximum Gasteiger partial charge on any atom is 0.305 e. The van der Waals surface area contributed by atoms with Gasteiger partial charge in [-0.15, -0.1) is 12.4 Å². The summed E-state index contributed by atoms with van der Waals surface area (Å²) in [4.78, 5) is 20.7. The van der Waals surface area contributed by atoms with Crippen LogP contribution in [0.3, 0.4) is 0 Å². The standard InChI is InChI=1S/C9H16O4.ClH/c1-13-9(12)7-5-3-2-4-6-8(10)11;/h2-7H2,1H3,(H,10,11);1H. The van der Waals surface area contributed by atoms with E-state index in [1.54, 1.807) is 0 Å². The second kappa shape index (κ2) is 10.3. The average molecular weight is 225 g/mol. The van der Waals surface area contributed by atoms with Crippen LogP contribution in [0.1, 0.15) is 38.5 Å². The van der Waals surface area contributed by atoms with E-state index in [2.05, 4.69) is 4.74 Å². The van der Waals surface area contributed by atoms with E-state index in [1.807, 2.05) is 0 Å². The van der Waals surface area contributed by atoms with E-state index in [0.29, 0.717) is 12.8 Å². The predicted octanol–water partition coefficient (Wildman–Crippen LogP) is 2.01. The number of hydrogen-bond donors (Lipinski definition) is 1. The lowest BCUT2D eigenvalue weighted by molar-refractivity contribution is -0.141. The molecule has 0 unspecified atom stereocenters. The van der Waals surface area contributed by atoms with Crippen LogP contribution in [0.4, 0.5) is 0 Å². The lowest BCUT2D eigenvalue weighted by Crippen LogP contribution is -1.99. The molecule has 0 fully saturated rings. The largest absolute Gasteiger partial charge is 0.481 e. The minimum atomic E-state index is -0.757. The number of methoxy groups -OCH3 is 1. The molecule has 0 aliphatic heterocycles. The summed E-state index contributed by atoms with van der Waals surface area (Å²) in [5.41, 5.74) is 0. The maximum atomic E-state index is 10.6. The lowest BCUT2D eigenvalue weighted by Gasteiger charge is -1.98. The van der Waals surface area contributed by atoms with E-state index in [-0.39, 0.29) is 24.8 Å². The van der Waals surface area contributed by atoms with Crippen molar-refractivity contribution in [3.8, 4) is 0 Å². The van der Waals surface area contributed by atoms with Gasteiger partial charge in [-0.3, -0.25) is 9.59 Å². The third-order valence-electron chi connectivity index (χ3n) is 1.75. The molecule has 0 bridgehead atoms. The van der Waals surface area contributed by atoms with Crippen LogP contribution in [0.15, 0.2) is 0 Å². The minimum Gasteiger partial charge on any atom is -0.481 e. The lowest BCUT2D eigenvalue weighted by atomic mass is 10.1. The Morgan fingerprint density at radius 1 is 1.07 bits per heavy atom. The van der Waals surface area contributed by atoms with E-state index in [1.165, 1.54) is 7.11 Å². The Morgan fingerprint density at radius 3 is 2.00 bits per heavy atom. The highest BCUT2D eigenvalue weighted by Gasteiger charge is 2.00. The van der Waals surface area contributed by atoms with Gasteiger partial charge < -0.3 is 9.84 Å². The molecular weight excluding hydrogens is 208 g/mol. The Balaban J connectivity index is 0. The highest BCUT2D eigenvalue weighted by atomic mass is 35.5. The number of carboxylic acids is 1. The van der Waals surface area contributed by atoms with Gasteiger partial charge in [0.2, 0.25) is 0 Å². The molecule has 0 aromatic heterocycles. The quantitative estimate of drug-likeness (QED) is 0.531. The number of rotatable bonds is 7. The van der Waals surface area contributed by atoms with Gasteiger partial charge in [0.1, 0.15) is 0 Å². The number of unbranched alkanes of at least 4 members (excludes halogenated alkanes) is 3. The van der Waals surface area contributed by atoms with Crippen LogP contribution in [-0.2, 0) is 14.3 Å². The molecular formula is C9H17ClO4. The number of carboxylic acid groups (broad SMARTS) is 1. The van der Waals surface area contributed by atoms with Gasteiger partial charge in [0.25, 0.3) is 0 Å². The molecule has 0 amide bonds. The first-order valence-electron chi connectivity index (χ1n) is 4.45. The Hall–Kier alpha value is -0.770. The second-order valence-corrected chi connectivity index (χ2v) is 2.88. The average Bonchev–Trinajstić information content (AvgIpc) is 2.10. The van der Waals surface area contributed by atoms with Gasteiger partial charge >= 0.3 is 11.9 Å². The van der Waals surface area contributed by atoms with Gasteiger partial charge in [-0.1, -0.05) is 12.8 Å². The molecule has 0 aromatic carbocycles. The molecule has 0 atom stereocenters. The number of ether oxygens (including phenoxy) is 1. The first-order chi connectivity index (χ1) is 6.16. The highest BCUT2D eigenvalue weighted by Crippen LogP contribution is 2.05. The van der Waals surface area contributed by atoms with Gasteiger partial charge in [0.05, 0.1) is 7.11 Å². The van der Waals surface area contributed by atoms with Crippen molar-refractivity contribution in [3.05, 3.63) is 0 Å². The molecule has 4 nitrogen and oxygen atoms in total. The zero-order valence-corrected chi connectivity index (χ0v) is 9.14. The van der Waals surface area contributed by atoms with Crippen molar-refractivity contribution in [2.45, 2.75) is 38.5 Å². The van der Waals surface area contributed by atoms with E-state index < -0.39 is 5.97 Å². The van der Waals surface area contributed by atoms with Crippen LogP contribution in [0, 0.1) is 0 Å². The summed E-state index contributed by atoms with van der Waals surface area (Å²) in [6.07, 6.45) is 3.89. The fourth-order valence-corrected chi connectivity index (χ4v) is 1.00. The molecule has 0 rings (SSSR count). The summed E-state index contributed by atoms with van der Waals surface area (Å²) in [5.74, 6) is -0.953. The van der Waals surface area contributed by atoms with Gasteiger partial charge in [0, 0.05) is 12.8 Å².